The Labute approximate surface area is 127 Å². The number of nitrogens with zero attached hydrogens (tertiary/aromatic N) is 3. The molecule has 114 valence electrons. The Balaban J connectivity index is 2.01. The van der Waals surface area contributed by atoms with Gasteiger partial charge < -0.3 is 10.2 Å². The van der Waals surface area contributed by atoms with Gasteiger partial charge in [0.15, 0.2) is 0 Å². The van der Waals surface area contributed by atoms with E-state index in [4.69, 9.17) is 0 Å². The zero-order chi connectivity index (χ0) is 15.1. The summed E-state index contributed by atoms with van der Waals surface area (Å²) in [5.74, 6) is 0.954. The predicted octanol–water partition coefficient (Wildman–Crippen LogP) is 3.34. The number of hydrogen-bond donors (Lipinski definition) is 1. The molecular weight excluding hydrogens is 260 g/mol. The van der Waals surface area contributed by atoms with E-state index in [-0.39, 0.29) is 0 Å². The number of aromatic nitrogens is 2. The zero-order valence-corrected chi connectivity index (χ0v) is 13.4. The van der Waals surface area contributed by atoms with E-state index in [9.17, 15) is 0 Å². The minimum Gasteiger partial charge on any atom is -0.369 e. The Morgan fingerprint density at radius 3 is 2.62 bits per heavy atom. The van der Waals surface area contributed by atoms with Gasteiger partial charge in [0.05, 0.1) is 5.52 Å². The Morgan fingerprint density at radius 2 is 1.90 bits per heavy atom. The van der Waals surface area contributed by atoms with E-state index in [2.05, 4.69) is 59.2 Å². The van der Waals surface area contributed by atoms with Gasteiger partial charge in [-0.2, -0.15) is 0 Å². The fourth-order valence-corrected chi connectivity index (χ4v) is 2.51. The van der Waals surface area contributed by atoms with E-state index in [0.29, 0.717) is 0 Å². The number of hydrogen-bond acceptors (Lipinski definition) is 4. The first-order chi connectivity index (χ1) is 10.3. The van der Waals surface area contributed by atoms with Crippen LogP contribution in [0.4, 0.5) is 5.82 Å². The topological polar surface area (TPSA) is 41.1 Å². The van der Waals surface area contributed by atoms with Crippen molar-refractivity contribution >= 4 is 16.7 Å². The maximum Gasteiger partial charge on any atom is 0.137 e. The molecule has 21 heavy (non-hydrogen) atoms. The van der Waals surface area contributed by atoms with Crippen molar-refractivity contribution in [2.45, 2.75) is 33.6 Å². The summed E-state index contributed by atoms with van der Waals surface area (Å²) in [5.41, 5.74) is 2.33. The van der Waals surface area contributed by atoms with Gasteiger partial charge >= 0.3 is 0 Å². The summed E-state index contributed by atoms with van der Waals surface area (Å²) in [5, 5.41) is 4.59. The van der Waals surface area contributed by atoms with Crippen molar-refractivity contribution < 1.29 is 0 Å². The number of rotatable bonds is 8. The van der Waals surface area contributed by atoms with Crippen molar-refractivity contribution in [1.29, 1.82) is 0 Å². The average Bonchev–Trinajstić information content (AvgIpc) is 2.54. The first kappa shape index (κ1) is 15.7. The number of aryl methyl sites for hydroxylation is 1. The molecule has 0 radical (unpaired) electrons. The first-order valence-electron chi connectivity index (χ1n) is 7.98. The van der Waals surface area contributed by atoms with Crippen molar-refractivity contribution in [3.8, 4) is 0 Å². The molecule has 1 heterocycles. The molecule has 0 aliphatic carbocycles. The van der Waals surface area contributed by atoms with Crippen molar-refractivity contribution in [3.63, 3.8) is 0 Å². The summed E-state index contributed by atoms with van der Waals surface area (Å²) in [6.45, 7) is 10.9. The van der Waals surface area contributed by atoms with Gasteiger partial charge in [-0.15, -0.1) is 0 Å². The molecule has 0 spiro atoms. The standard InChI is InChI=1S/C17H26N4/c1-4-14-8-9-16-15(12-14)17(20-13-19-16)18-10-7-11-21(5-2)6-3/h8-9,12-13H,4-7,10-11H2,1-3H3,(H,18,19,20). The SMILES string of the molecule is CCc1ccc2ncnc(NCCCN(CC)CC)c2c1. The largest absolute Gasteiger partial charge is 0.369 e. The fraction of sp³-hybridized carbons (Fsp3) is 0.529. The molecule has 0 atom stereocenters. The fourth-order valence-electron chi connectivity index (χ4n) is 2.51. The lowest BCUT2D eigenvalue weighted by molar-refractivity contribution is 0.303. The van der Waals surface area contributed by atoms with E-state index >= 15 is 0 Å². The van der Waals surface area contributed by atoms with Gasteiger partial charge in [0.1, 0.15) is 12.1 Å². The third kappa shape index (κ3) is 4.14. The maximum atomic E-state index is 4.40. The third-order valence-corrected chi connectivity index (χ3v) is 3.95. The van der Waals surface area contributed by atoms with E-state index in [1.807, 2.05) is 0 Å². The number of fused-ring (bicyclic) bond motifs is 1. The second-order valence-corrected chi connectivity index (χ2v) is 5.23. The van der Waals surface area contributed by atoms with Crippen LogP contribution in [0.5, 0.6) is 0 Å². The van der Waals surface area contributed by atoms with Gasteiger partial charge in [-0.25, -0.2) is 9.97 Å². The molecule has 1 N–H and O–H groups in total. The highest BCUT2D eigenvalue weighted by Crippen LogP contribution is 2.20. The summed E-state index contributed by atoms with van der Waals surface area (Å²) >= 11 is 0. The summed E-state index contributed by atoms with van der Waals surface area (Å²) < 4.78 is 0. The second kappa shape index (κ2) is 7.93. The summed E-state index contributed by atoms with van der Waals surface area (Å²) in [4.78, 5) is 11.2. The number of anilines is 1. The van der Waals surface area contributed by atoms with Crippen LogP contribution in [0, 0.1) is 0 Å². The lowest BCUT2D eigenvalue weighted by atomic mass is 10.1. The highest BCUT2D eigenvalue weighted by Gasteiger charge is 2.04. The highest BCUT2D eigenvalue weighted by atomic mass is 15.1. The Morgan fingerprint density at radius 1 is 1.10 bits per heavy atom. The van der Waals surface area contributed by atoms with Crippen LogP contribution >= 0.6 is 0 Å². The van der Waals surface area contributed by atoms with Crippen molar-refractivity contribution in [3.05, 3.63) is 30.1 Å². The Bertz CT molecular complexity index is 564. The number of nitrogens with one attached hydrogen (secondary N) is 1. The van der Waals surface area contributed by atoms with Crippen LogP contribution in [-0.2, 0) is 6.42 Å². The molecule has 4 heteroatoms. The summed E-state index contributed by atoms with van der Waals surface area (Å²) in [6, 6.07) is 6.42. The number of benzene rings is 1. The molecule has 0 saturated heterocycles. The Kier molecular flexibility index (Phi) is 5.93. The van der Waals surface area contributed by atoms with Crippen LogP contribution in [0.3, 0.4) is 0 Å². The highest BCUT2D eigenvalue weighted by molar-refractivity contribution is 5.89. The quantitative estimate of drug-likeness (QED) is 0.756. The van der Waals surface area contributed by atoms with Gasteiger partial charge in [0, 0.05) is 11.9 Å². The Hall–Kier alpha value is -1.68. The van der Waals surface area contributed by atoms with Crippen molar-refractivity contribution in [1.82, 2.24) is 14.9 Å². The van der Waals surface area contributed by atoms with Crippen molar-refractivity contribution in [2.24, 2.45) is 0 Å². The average molecular weight is 286 g/mol. The predicted molar refractivity (Wildman–Crippen MR) is 89.8 cm³/mol. The van der Waals surface area contributed by atoms with E-state index in [1.54, 1.807) is 6.33 Å². The second-order valence-electron chi connectivity index (χ2n) is 5.23. The minimum absolute atomic E-state index is 0.943. The molecule has 0 unspecified atom stereocenters. The van der Waals surface area contributed by atoms with Crippen LogP contribution in [0.25, 0.3) is 10.9 Å². The molecular formula is C17H26N4. The molecule has 1 aromatic carbocycles. The van der Waals surface area contributed by atoms with Crippen LogP contribution < -0.4 is 5.32 Å². The molecule has 0 bridgehead atoms. The van der Waals surface area contributed by atoms with Gasteiger partial charge in [-0.05, 0) is 50.2 Å². The minimum atomic E-state index is 0.943. The molecule has 2 aromatic rings. The van der Waals surface area contributed by atoms with Crippen LogP contribution in [0.15, 0.2) is 24.5 Å². The van der Waals surface area contributed by atoms with E-state index < -0.39 is 0 Å². The van der Waals surface area contributed by atoms with Crippen LogP contribution in [0.1, 0.15) is 32.8 Å². The van der Waals surface area contributed by atoms with Gasteiger partial charge in [-0.1, -0.05) is 26.8 Å². The summed E-state index contributed by atoms with van der Waals surface area (Å²) in [6.07, 6.45) is 3.80. The lowest BCUT2D eigenvalue weighted by Gasteiger charge is -2.18. The zero-order valence-electron chi connectivity index (χ0n) is 13.4. The molecule has 2 rings (SSSR count). The molecule has 0 saturated carbocycles. The molecule has 0 aliphatic heterocycles. The van der Waals surface area contributed by atoms with E-state index in [1.165, 1.54) is 5.56 Å². The monoisotopic (exact) mass is 286 g/mol. The molecule has 0 amide bonds. The van der Waals surface area contributed by atoms with Gasteiger partial charge in [0.2, 0.25) is 0 Å². The molecule has 1 aromatic heterocycles. The summed E-state index contributed by atoms with van der Waals surface area (Å²) in [7, 11) is 0. The van der Waals surface area contributed by atoms with E-state index in [0.717, 1.165) is 55.7 Å². The smallest absolute Gasteiger partial charge is 0.137 e. The molecule has 4 nitrogen and oxygen atoms in total. The van der Waals surface area contributed by atoms with Gasteiger partial charge in [0.25, 0.3) is 0 Å². The normalized spacial score (nSPS) is 11.2. The van der Waals surface area contributed by atoms with Crippen LogP contribution in [0.2, 0.25) is 0 Å². The third-order valence-electron chi connectivity index (χ3n) is 3.95. The van der Waals surface area contributed by atoms with Crippen molar-refractivity contribution in [2.75, 3.05) is 31.5 Å². The molecule has 0 fully saturated rings. The van der Waals surface area contributed by atoms with Gasteiger partial charge in [-0.3, -0.25) is 0 Å². The molecule has 0 aliphatic rings. The maximum absolute atomic E-state index is 4.40. The van der Waals surface area contributed by atoms with Crippen LogP contribution in [-0.4, -0.2) is 41.0 Å². The lowest BCUT2D eigenvalue weighted by Crippen LogP contribution is -2.25. The first-order valence-corrected chi connectivity index (χ1v) is 7.98.